The number of nitrogens with one attached hydrogen (secondary N) is 1. The van der Waals surface area contributed by atoms with E-state index in [2.05, 4.69) is 21.2 Å². The highest BCUT2D eigenvalue weighted by atomic mass is 16.5. The minimum Gasteiger partial charge on any atom is -0.495 e. The molecule has 1 aromatic rings. The monoisotopic (exact) mass is 419 g/mol. The van der Waals surface area contributed by atoms with E-state index in [4.69, 9.17) is 9.47 Å². The minimum absolute atomic E-state index is 0.0851. The van der Waals surface area contributed by atoms with Crippen molar-refractivity contribution < 1.29 is 19.7 Å². The Morgan fingerprint density at radius 2 is 1.80 bits per heavy atom. The molecular formula is C23H37N3O4. The molecule has 0 aromatic heterocycles. The number of rotatable bonds is 7. The highest BCUT2D eigenvalue weighted by Crippen LogP contribution is 2.31. The van der Waals surface area contributed by atoms with Crippen LogP contribution in [0.1, 0.15) is 32.1 Å². The second-order valence-electron chi connectivity index (χ2n) is 8.81. The van der Waals surface area contributed by atoms with Crippen LogP contribution in [0.5, 0.6) is 5.75 Å². The molecule has 2 heterocycles. The van der Waals surface area contributed by atoms with E-state index in [0.717, 1.165) is 44.2 Å². The van der Waals surface area contributed by atoms with Gasteiger partial charge in [-0.3, -0.25) is 4.90 Å². The standard InChI is InChI=1S/C23H37N3O4/c1-29-19-10-6-5-9-18(19)25-11-13-26(14-12-25)22-20(30-21(16-27)23(22)28)15-24-17-7-3-2-4-8-17/h5-6,9-10,17,20-24,27-28H,2-4,7-8,11-16H2,1H3/t20-,21+,22-,23-/m1/s1. The molecule has 4 rings (SSSR count). The molecule has 2 aliphatic heterocycles. The molecule has 7 heteroatoms. The minimum atomic E-state index is -0.661. The second-order valence-corrected chi connectivity index (χ2v) is 8.81. The molecular weight excluding hydrogens is 382 g/mol. The Labute approximate surface area is 180 Å². The number of benzene rings is 1. The first-order valence-electron chi connectivity index (χ1n) is 11.5. The Hall–Kier alpha value is -1.38. The van der Waals surface area contributed by atoms with Crippen LogP contribution in [0, 0.1) is 0 Å². The van der Waals surface area contributed by atoms with Gasteiger partial charge in [0, 0.05) is 38.8 Å². The van der Waals surface area contributed by atoms with Crippen molar-refractivity contribution in [3.63, 3.8) is 0 Å². The zero-order chi connectivity index (χ0) is 20.9. The molecule has 0 bridgehead atoms. The van der Waals surface area contributed by atoms with Crippen LogP contribution in [0.25, 0.3) is 0 Å². The summed E-state index contributed by atoms with van der Waals surface area (Å²) in [7, 11) is 1.71. The van der Waals surface area contributed by atoms with Gasteiger partial charge < -0.3 is 29.9 Å². The zero-order valence-electron chi connectivity index (χ0n) is 18.1. The molecule has 1 aliphatic carbocycles. The van der Waals surface area contributed by atoms with Crippen LogP contribution in [0.3, 0.4) is 0 Å². The van der Waals surface area contributed by atoms with Crippen LogP contribution < -0.4 is 15.0 Å². The number of para-hydroxylation sites is 2. The Balaban J connectivity index is 1.38. The lowest BCUT2D eigenvalue weighted by molar-refractivity contribution is -0.0220. The van der Waals surface area contributed by atoms with Gasteiger partial charge in [0.1, 0.15) is 18.0 Å². The number of hydrogen-bond acceptors (Lipinski definition) is 7. The Kier molecular flexibility index (Phi) is 7.49. The maximum absolute atomic E-state index is 10.9. The van der Waals surface area contributed by atoms with Gasteiger partial charge in [0.05, 0.1) is 31.5 Å². The lowest BCUT2D eigenvalue weighted by Gasteiger charge is -2.41. The van der Waals surface area contributed by atoms with E-state index in [1.165, 1.54) is 32.1 Å². The molecule has 7 nitrogen and oxygen atoms in total. The molecule has 168 valence electrons. The first-order valence-corrected chi connectivity index (χ1v) is 11.5. The lowest BCUT2D eigenvalue weighted by atomic mass is 9.95. The van der Waals surface area contributed by atoms with Crippen molar-refractivity contribution in [2.24, 2.45) is 0 Å². The fourth-order valence-corrected chi connectivity index (χ4v) is 5.34. The summed E-state index contributed by atoms with van der Waals surface area (Å²) >= 11 is 0. The number of aliphatic hydroxyl groups is 2. The Morgan fingerprint density at radius 1 is 1.07 bits per heavy atom. The van der Waals surface area contributed by atoms with Crippen molar-refractivity contribution in [2.75, 3.05) is 51.3 Å². The summed E-state index contributed by atoms with van der Waals surface area (Å²) in [6, 6.07) is 8.59. The fraction of sp³-hybridized carbons (Fsp3) is 0.739. The van der Waals surface area contributed by atoms with Crippen molar-refractivity contribution in [3.05, 3.63) is 24.3 Å². The number of anilines is 1. The van der Waals surface area contributed by atoms with Gasteiger partial charge in [-0.05, 0) is 25.0 Å². The summed E-state index contributed by atoms with van der Waals surface area (Å²) in [5, 5.41) is 24.3. The van der Waals surface area contributed by atoms with Gasteiger partial charge in [-0.15, -0.1) is 0 Å². The van der Waals surface area contributed by atoms with Crippen molar-refractivity contribution in [1.29, 1.82) is 0 Å². The fourth-order valence-electron chi connectivity index (χ4n) is 5.34. The molecule has 1 saturated carbocycles. The molecule has 2 saturated heterocycles. The first-order chi connectivity index (χ1) is 14.7. The van der Waals surface area contributed by atoms with Gasteiger partial charge in [-0.25, -0.2) is 0 Å². The predicted molar refractivity (Wildman–Crippen MR) is 117 cm³/mol. The average molecular weight is 420 g/mol. The maximum Gasteiger partial charge on any atom is 0.142 e. The summed E-state index contributed by atoms with van der Waals surface area (Å²) in [6.07, 6.45) is 5.10. The van der Waals surface area contributed by atoms with Crippen LogP contribution in [0.15, 0.2) is 24.3 Å². The summed E-state index contributed by atoms with van der Waals surface area (Å²) in [6.45, 7) is 4.03. The van der Waals surface area contributed by atoms with Gasteiger partial charge in [0.2, 0.25) is 0 Å². The van der Waals surface area contributed by atoms with Crippen LogP contribution in [0.4, 0.5) is 5.69 Å². The van der Waals surface area contributed by atoms with Crippen LogP contribution >= 0.6 is 0 Å². The molecule has 0 spiro atoms. The summed E-state index contributed by atoms with van der Waals surface area (Å²) < 4.78 is 11.6. The molecule has 3 aliphatic rings. The van der Waals surface area contributed by atoms with Crippen molar-refractivity contribution >= 4 is 5.69 Å². The van der Waals surface area contributed by atoms with E-state index in [9.17, 15) is 10.2 Å². The summed E-state index contributed by atoms with van der Waals surface area (Å²) in [4.78, 5) is 4.69. The molecule has 0 amide bonds. The summed E-state index contributed by atoms with van der Waals surface area (Å²) in [5.74, 6) is 0.894. The van der Waals surface area contributed by atoms with Crippen molar-refractivity contribution in [2.45, 2.75) is 62.5 Å². The molecule has 0 unspecified atom stereocenters. The third-order valence-electron chi connectivity index (χ3n) is 7.02. The highest BCUT2D eigenvalue weighted by Gasteiger charge is 2.46. The third kappa shape index (κ3) is 4.75. The van der Waals surface area contributed by atoms with E-state index in [1.807, 2.05) is 18.2 Å². The van der Waals surface area contributed by atoms with E-state index < -0.39 is 12.2 Å². The van der Waals surface area contributed by atoms with Gasteiger partial charge in [0.25, 0.3) is 0 Å². The van der Waals surface area contributed by atoms with E-state index in [-0.39, 0.29) is 18.8 Å². The average Bonchev–Trinajstić information content (AvgIpc) is 3.13. The number of ether oxygens (including phenoxy) is 2. The number of aliphatic hydroxyl groups excluding tert-OH is 2. The largest absolute Gasteiger partial charge is 0.495 e. The zero-order valence-corrected chi connectivity index (χ0v) is 18.1. The van der Waals surface area contributed by atoms with Crippen LogP contribution in [-0.2, 0) is 4.74 Å². The topological polar surface area (TPSA) is 77.4 Å². The Bertz CT molecular complexity index is 662. The van der Waals surface area contributed by atoms with Gasteiger partial charge >= 0.3 is 0 Å². The van der Waals surface area contributed by atoms with Crippen molar-refractivity contribution in [3.8, 4) is 5.75 Å². The van der Waals surface area contributed by atoms with E-state index in [1.54, 1.807) is 7.11 Å². The molecule has 3 N–H and O–H groups in total. The highest BCUT2D eigenvalue weighted by molar-refractivity contribution is 5.58. The predicted octanol–water partition coefficient (Wildman–Crippen LogP) is 1.23. The Morgan fingerprint density at radius 3 is 2.50 bits per heavy atom. The molecule has 30 heavy (non-hydrogen) atoms. The smallest absolute Gasteiger partial charge is 0.142 e. The number of methoxy groups -OCH3 is 1. The van der Waals surface area contributed by atoms with Gasteiger partial charge in [0.15, 0.2) is 0 Å². The van der Waals surface area contributed by atoms with Gasteiger partial charge in [-0.1, -0.05) is 31.4 Å². The first kappa shape index (κ1) is 21.8. The summed E-state index contributed by atoms with van der Waals surface area (Å²) in [5.41, 5.74) is 1.12. The maximum atomic E-state index is 10.9. The number of hydrogen-bond donors (Lipinski definition) is 3. The molecule has 0 radical (unpaired) electrons. The lowest BCUT2D eigenvalue weighted by Crippen LogP contribution is -2.57. The van der Waals surface area contributed by atoms with E-state index in [0.29, 0.717) is 6.04 Å². The quantitative estimate of drug-likeness (QED) is 0.614. The number of piperazine rings is 1. The molecule has 3 fully saturated rings. The second kappa shape index (κ2) is 10.3. The molecule has 1 aromatic carbocycles. The van der Waals surface area contributed by atoms with E-state index >= 15 is 0 Å². The normalized spacial score (nSPS) is 31.2. The number of nitrogens with zero attached hydrogens (tertiary/aromatic N) is 2. The van der Waals surface area contributed by atoms with Crippen LogP contribution in [0.2, 0.25) is 0 Å². The molecule has 4 atom stereocenters. The van der Waals surface area contributed by atoms with Crippen molar-refractivity contribution in [1.82, 2.24) is 10.2 Å². The van der Waals surface area contributed by atoms with Crippen LogP contribution in [-0.4, -0.2) is 91.9 Å². The van der Waals surface area contributed by atoms with Gasteiger partial charge in [-0.2, -0.15) is 0 Å². The third-order valence-corrected chi connectivity index (χ3v) is 7.02. The SMILES string of the molecule is COc1ccccc1N1CCN([C@H]2[C@H](O)[C@H](CO)O[C@@H]2CNC2CCCCC2)CC1.